The molecule has 1 aliphatic heterocycles. The normalized spacial score (nSPS) is 30.6. The Morgan fingerprint density at radius 3 is 2.62 bits per heavy atom. The number of thioether (sulfide) groups is 1. The lowest BCUT2D eigenvalue weighted by molar-refractivity contribution is -0.146. The number of amides is 2. The van der Waals surface area contributed by atoms with Crippen LogP contribution in [0.4, 0.5) is 4.79 Å². The van der Waals surface area contributed by atoms with Gasteiger partial charge in [-0.1, -0.05) is 19.8 Å². The van der Waals surface area contributed by atoms with E-state index in [0.29, 0.717) is 31.2 Å². The van der Waals surface area contributed by atoms with Crippen LogP contribution < -0.4 is 10.6 Å². The molecule has 0 aromatic carbocycles. The third kappa shape index (κ3) is 4.53. The minimum atomic E-state index is -1.08. The van der Waals surface area contributed by atoms with E-state index in [2.05, 4.69) is 17.6 Å². The molecule has 2 rings (SSSR count). The Labute approximate surface area is 130 Å². The molecule has 0 bridgehead atoms. The van der Waals surface area contributed by atoms with E-state index in [4.69, 9.17) is 0 Å². The van der Waals surface area contributed by atoms with E-state index in [0.717, 1.165) is 37.2 Å². The molecule has 2 atom stereocenters. The van der Waals surface area contributed by atoms with Gasteiger partial charge in [0.15, 0.2) is 0 Å². The van der Waals surface area contributed by atoms with E-state index in [1.165, 1.54) is 0 Å². The van der Waals surface area contributed by atoms with Gasteiger partial charge < -0.3 is 15.7 Å². The van der Waals surface area contributed by atoms with Crippen LogP contribution in [-0.2, 0) is 4.79 Å². The molecule has 2 fully saturated rings. The summed E-state index contributed by atoms with van der Waals surface area (Å²) < 4.78 is 0. The minimum absolute atomic E-state index is 0.329. The predicted octanol–water partition coefficient (Wildman–Crippen LogP) is 2.46. The highest BCUT2D eigenvalue weighted by Crippen LogP contribution is 2.32. The Bertz CT molecular complexity index is 385. The Balaban J connectivity index is 1.84. The Kier molecular flexibility index (Phi) is 5.79. The molecule has 3 N–H and O–H groups in total. The van der Waals surface area contributed by atoms with Crippen molar-refractivity contribution in [3.05, 3.63) is 0 Å². The van der Waals surface area contributed by atoms with E-state index >= 15 is 0 Å². The van der Waals surface area contributed by atoms with E-state index in [-0.39, 0.29) is 6.03 Å². The molecule has 0 spiro atoms. The zero-order chi connectivity index (χ0) is 15.3. The lowest BCUT2D eigenvalue weighted by atomic mass is 9.76. The first-order chi connectivity index (χ1) is 10.0. The van der Waals surface area contributed by atoms with Crippen molar-refractivity contribution >= 4 is 23.8 Å². The maximum atomic E-state index is 12.1. The van der Waals surface area contributed by atoms with Crippen molar-refractivity contribution in [2.45, 2.75) is 51.0 Å². The smallest absolute Gasteiger partial charge is 0.329 e. The van der Waals surface area contributed by atoms with Crippen molar-refractivity contribution in [2.24, 2.45) is 11.8 Å². The van der Waals surface area contributed by atoms with Gasteiger partial charge in [-0.2, -0.15) is 11.8 Å². The second-order valence-corrected chi connectivity index (χ2v) is 7.70. The fourth-order valence-corrected chi connectivity index (χ4v) is 4.57. The Hall–Kier alpha value is -0.910. The van der Waals surface area contributed by atoms with Crippen LogP contribution >= 0.6 is 11.8 Å². The van der Waals surface area contributed by atoms with Crippen molar-refractivity contribution < 1.29 is 14.7 Å². The first kappa shape index (κ1) is 16.5. The molecule has 1 saturated heterocycles. The number of carboxylic acids is 1. The van der Waals surface area contributed by atoms with Gasteiger partial charge in [0.1, 0.15) is 5.54 Å². The maximum absolute atomic E-state index is 12.1. The first-order valence-electron chi connectivity index (χ1n) is 7.89. The van der Waals surface area contributed by atoms with Crippen LogP contribution in [0.1, 0.15) is 45.4 Å². The largest absolute Gasteiger partial charge is 0.480 e. The molecule has 2 unspecified atom stereocenters. The van der Waals surface area contributed by atoms with Crippen LogP contribution in [0.3, 0.4) is 0 Å². The number of urea groups is 1. The highest BCUT2D eigenvalue weighted by Gasteiger charge is 2.43. The number of carbonyl (C=O) groups is 2. The predicted molar refractivity (Wildman–Crippen MR) is 84.6 cm³/mol. The van der Waals surface area contributed by atoms with E-state index in [1.807, 2.05) is 11.8 Å². The molecule has 5 nitrogen and oxygen atoms in total. The lowest BCUT2D eigenvalue weighted by Crippen LogP contribution is -2.59. The molecular weight excluding hydrogens is 288 g/mol. The van der Waals surface area contributed by atoms with Crippen LogP contribution in [-0.4, -0.2) is 40.7 Å². The van der Waals surface area contributed by atoms with Crippen LogP contribution in [0.5, 0.6) is 0 Å². The van der Waals surface area contributed by atoms with E-state index in [1.54, 1.807) is 0 Å². The fraction of sp³-hybridized carbons (Fsp3) is 0.867. The number of carboxylic acid groups (broad SMARTS) is 1. The van der Waals surface area contributed by atoms with Crippen LogP contribution in [0.2, 0.25) is 0 Å². The Morgan fingerprint density at radius 2 is 2.00 bits per heavy atom. The van der Waals surface area contributed by atoms with Gasteiger partial charge in [-0.15, -0.1) is 0 Å². The zero-order valence-corrected chi connectivity index (χ0v) is 13.5. The molecule has 1 heterocycles. The van der Waals surface area contributed by atoms with Gasteiger partial charge in [0.25, 0.3) is 0 Å². The summed E-state index contributed by atoms with van der Waals surface area (Å²) in [7, 11) is 0. The van der Waals surface area contributed by atoms with Crippen molar-refractivity contribution in [2.75, 3.05) is 18.1 Å². The summed E-state index contributed by atoms with van der Waals surface area (Å²) in [4.78, 5) is 23.7. The lowest BCUT2D eigenvalue weighted by Gasteiger charge is -2.37. The monoisotopic (exact) mass is 314 g/mol. The molecule has 0 radical (unpaired) electrons. The third-order valence-electron chi connectivity index (χ3n) is 4.65. The summed E-state index contributed by atoms with van der Waals surface area (Å²) in [5.41, 5.74) is -1.08. The van der Waals surface area contributed by atoms with Gasteiger partial charge in [0.2, 0.25) is 0 Å². The second-order valence-electron chi connectivity index (χ2n) is 6.48. The second kappa shape index (κ2) is 7.38. The molecule has 6 heteroatoms. The molecule has 1 saturated carbocycles. The highest BCUT2D eigenvalue weighted by atomic mass is 32.2. The molecular formula is C15H26N2O3S. The van der Waals surface area contributed by atoms with E-state index in [9.17, 15) is 14.7 Å². The Morgan fingerprint density at radius 1 is 1.29 bits per heavy atom. The van der Waals surface area contributed by atoms with Crippen LogP contribution in [0, 0.1) is 11.8 Å². The summed E-state index contributed by atoms with van der Waals surface area (Å²) in [6, 6.07) is -0.329. The summed E-state index contributed by atoms with van der Waals surface area (Å²) in [5, 5.41) is 15.1. The molecule has 2 aliphatic rings. The average molecular weight is 314 g/mol. The fourth-order valence-electron chi connectivity index (χ4n) is 3.36. The first-order valence-corrected chi connectivity index (χ1v) is 9.04. The number of hydrogen-bond donors (Lipinski definition) is 3. The molecule has 2 amide bonds. The van der Waals surface area contributed by atoms with E-state index < -0.39 is 11.5 Å². The molecule has 21 heavy (non-hydrogen) atoms. The van der Waals surface area contributed by atoms with Gasteiger partial charge in [-0.05, 0) is 49.0 Å². The molecule has 0 aromatic rings. The van der Waals surface area contributed by atoms with Crippen molar-refractivity contribution in [3.63, 3.8) is 0 Å². The van der Waals surface area contributed by atoms with Gasteiger partial charge >= 0.3 is 12.0 Å². The van der Waals surface area contributed by atoms with Gasteiger partial charge in [0.05, 0.1) is 0 Å². The van der Waals surface area contributed by atoms with Gasteiger partial charge in [-0.3, -0.25) is 0 Å². The number of hydrogen-bond acceptors (Lipinski definition) is 3. The molecule has 0 aromatic heterocycles. The number of rotatable bonds is 4. The summed E-state index contributed by atoms with van der Waals surface area (Å²) in [6.07, 6.45) is 5.21. The highest BCUT2D eigenvalue weighted by molar-refractivity contribution is 7.99. The minimum Gasteiger partial charge on any atom is -0.480 e. The molecule has 120 valence electrons. The zero-order valence-electron chi connectivity index (χ0n) is 12.7. The third-order valence-corrected chi connectivity index (χ3v) is 5.70. The van der Waals surface area contributed by atoms with Crippen molar-refractivity contribution in [3.8, 4) is 0 Å². The number of aliphatic carboxylic acids is 1. The summed E-state index contributed by atoms with van der Waals surface area (Å²) in [6.45, 7) is 2.70. The number of carbonyl (C=O) groups excluding carboxylic acids is 1. The molecule has 1 aliphatic carbocycles. The van der Waals surface area contributed by atoms with Crippen molar-refractivity contribution in [1.82, 2.24) is 10.6 Å². The number of nitrogens with one attached hydrogen (secondary N) is 2. The topological polar surface area (TPSA) is 78.4 Å². The van der Waals surface area contributed by atoms with Gasteiger partial charge in [0, 0.05) is 6.54 Å². The van der Waals surface area contributed by atoms with Crippen LogP contribution in [0.15, 0.2) is 0 Å². The quantitative estimate of drug-likeness (QED) is 0.745. The average Bonchev–Trinajstić information content (AvgIpc) is 2.46. The SMILES string of the molecule is CC1CCCC(NC(=O)NCC2CCSCC2)(C(=O)O)C1. The van der Waals surface area contributed by atoms with Crippen molar-refractivity contribution in [1.29, 1.82) is 0 Å². The summed E-state index contributed by atoms with van der Waals surface area (Å²) >= 11 is 1.96. The van der Waals surface area contributed by atoms with Gasteiger partial charge in [-0.25, -0.2) is 9.59 Å². The standard InChI is InChI=1S/C15H26N2O3S/c1-11-3-2-6-15(9-11,13(18)19)17-14(20)16-10-12-4-7-21-8-5-12/h11-12H,2-10H2,1H3,(H,18,19)(H2,16,17,20). The van der Waals surface area contributed by atoms with Crippen LogP contribution in [0.25, 0.3) is 0 Å². The maximum Gasteiger partial charge on any atom is 0.329 e. The summed E-state index contributed by atoms with van der Waals surface area (Å²) in [5.74, 6) is 2.28.